The quantitative estimate of drug-likeness (QED) is 0.824. The molecule has 3 heteroatoms. The Hall–Kier alpha value is -1.48. The molecule has 0 radical (unpaired) electrons. The van der Waals surface area contributed by atoms with E-state index in [0.29, 0.717) is 6.04 Å². The van der Waals surface area contributed by atoms with Gasteiger partial charge in [0.1, 0.15) is 0 Å². The van der Waals surface area contributed by atoms with Gasteiger partial charge in [-0.1, -0.05) is 6.42 Å². The highest BCUT2D eigenvalue weighted by atomic mass is 15.0. The van der Waals surface area contributed by atoms with Crippen LogP contribution >= 0.6 is 0 Å². The van der Waals surface area contributed by atoms with Crippen molar-refractivity contribution < 1.29 is 0 Å². The molecule has 1 saturated carbocycles. The molecule has 0 amide bonds. The summed E-state index contributed by atoms with van der Waals surface area (Å²) in [6, 6.07) is 9.67. The maximum Gasteiger partial charge on any atom is 0.0486 e. The zero-order chi connectivity index (χ0) is 13.4. The molecule has 0 spiro atoms. The Bertz CT molecular complexity index is 579. The summed E-state index contributed by atoms with van der Waals surface area (Å²) in [7, 11) is 0. The van der Waals surface area contributed by atoms with Crippen LogP contribution in [0.25, 0.3) is 10.9 Å². The van der Waals surface area contributed by atoms with Gasteiger partial charge in [0, 0.05) is 40.9 Å². The number of rotatable bonds is 4. The van der Waals surface area contributed by atoms with E-state index in [2.05, 4.69) is 41.9 Å². The molecule has 1 heterocycles. The normalized spacial score (nSPS) is 16.2. The minimum Gasteiger partial charge on any atom is -0.399 e. The maximum absolute atomic E-state index is 5.89. The zero-order valence-corrected chi connectivity index (χ0v) is 11.8. The first-order chi connectivity index (χ1) is 9.15. The highest BCUT2D eigenvalue weighted by Crippen LogP contribution is 2.26. The lowest BCUT2D eigenvalue weighted by Crippen LogP contribution is -2.35. The van der Waals surface area contributed by atoms with Crippen LogP contribution in [0.1, 0.15) is 44.8 Å². The molecule has 2 aromatic rings. The summed E-state index contributed by atoms with van der Waals surface area (Å²) >= 11 is 0. The van der Waals surface area contributed by atoms with E-state index >= 15 is 0 Å². The smallest absolute Gasteiger partial charge is 0.0486 e. The molecule has 0 unspecified atom stereocenters. The van der Waals surface area contributed by atoms with Crippen LogP contribution in [0, 0.1) is 0 Å². The molecule has 19 heavy (non-hydrogen) atoms. The van der Waals surface area contributed by atoms with E-state index in [1.807, 2.05) is 6.07 Å². The van der Waals surface area contributed by atoms with E-state index in [9.17, 15) is 0 Å². The van der Waals surface area contributed by atoms with Crippen LogP contribution in [-0.4, -0.2) is 10.6 Å². The molecule has 1 fully saturated rings. The average Bonchev–Trinajstić information content (AvgIpc) is 2.64. The highest BCUT2D eigenvalue weighted by molar-refractivity contribution is 5.84. The highest BCUT2D eigenvalue weighted by Gasteiger charge is 2.18. The van der Waals surface area contributed by atoms with Gasteiger partial charge in [0.2, 0.25) is 0 Å². The summed E-state index contributed by atoms with van der Waals surface area (Å²) in [5, 5.41) is 4.90. The fourth-order valence-corrected chi connectivity index (χ4v) is 2.92. The van der Waals surface area contributed by atoms with Crippen molar-refractivity contribution in [2.24, 2.45) is 0 Å². The molecule has 0 atom stereocenters. The van der Waals surface area contributed by atoms with Crippen molar-refractivity contribution in [3.8, 4) is 0 Å². The van der Waals surface area contributed by atoms with Crippen LogP contribution in [0.15, 0.2) is 24.3 Å². The van der Waals surface area contributed by atoms with Crippen LogP contribution in [0.2, 0.25) is 0 Å². The maximum atomic E-state index is 5.89. The number of hydrogen-bond acceptors (Lipinski definition) is 2. The third kappa shape index (κ3) is 2.35. The molecule has 3 rings (SSSR count). The Labute approximate surface area is 114 Å². The van der Waals surface area contributed by atoms with E-state index in [1.54, 1.807) is 0 Å². The monoisotopic (exact) mass is 257 g/mol. The Morgan fingerprint density at radius 2 is 2.11 bits per heavy atom. The van der Waals surface area contributed by atoms with E-state index in [0.717, 1.165) is 18.3 Å². The number of nitrogens with one attached hydrogen (secondary N) is 1. The minimum absolute atomic E-state index is 0.472. The molecule has 0 aliphatic heterocycles. The Morgan fingerprint density at radius 3 is 2.74 bits per heavy atom. The van der Waals surface area contributed by atoms with E-state index in [1.165, 1.54) is 35.9 Å². The van der Waals surface area contributed by atoms with Crippen molar-refractivity contribution >= 4 is 16.6 Å². The number of nitrogens with zero attached hydrogens (tertiary/aromatic N) is 1. The van der Waals surface area contributed by atoms with Crippen LogP contribution in [0.4, 0.5) is 5.69 Å². The first-order valence-electron chi connectivity index (χ1n) is 7.28. The number of anilines is 1. The van der Waals surface area contributed by atoms with Crippen LogP contribution in [-0.2, 0) is 6.54 Å². The molecule has 1 aromatic carbocycles. The first-order valence-corrected chi connectivity index (χ1v) is 7.28. The summed E-state index contributed by atoms with van der Waals surface area (Å²) in [6.07, 6.45) is 4.03. The van der Waals surface area contributed by atoms with Crippen LogP contribution in [0.5, 0.6) is 0 Å². The van der Waals surface area contributed by atoms with Crippen molar-refractivity contribution in [1.29, 1.82) is 0 Å². The second-order valence-electron chi connectivity index (χ2n) is 5.93. The molecule has 102 valence electrons. The molecule has 1 aliphatic rings. The standard InChI is InChI=1S/C16H23N3/c1-11(2)19-15(10-18-14-4-3-5-14)9-12-8-13(17)6-7-16(12)19/h6-9,11,14,18H,3-5,10,17H2,1-2H3. The summed E-state index contributed by atoms with van der Waals surface area (Å²) in [5.74, 6) is 0. The van der Waals surface area contributed by atoms with Crippen molar-refractivity contribution in [3.63, 3.8) is 0 Å². The van der Waals surface area contributed by atoms with Gasteiger partial charge in [-0.2, -0.15) is 0 Å². The lowest BCUT2D eigenvalue weighted by Gasteiger charge is -2.27. The van der Waals surface area contributed by atoms with E-state index in [4.69, 9.17) is 5.73 Å². The van der Waals surface area contributed by atoms with Gasteiger partial charge in [0.25, 0.3) is 0 Å². The van der Waals surface area contributed by atoms with Gasteiger partial charge in [-0.05, 0) is 51.0 Å². The Morgan fingerprint density at radius 1 is 1.32 bits per heavy atom. The van der Waals surface area contributed by atoms with Crippen molar-refractivity contribution in [3.05, 3.63) is 30.0 Å². The summed E-state index contributed by atoms with van der Waals surface area (Å²) in [5.41, 5.74) is 9.38. The zero-order valence-electron chi connectivity index (χ0n) is 11.8. The number of benzene rings is 1. The van der Waals surface area contributed by atoms with Crippen LogP contribution in [0.3, 0.4) is 0 Å². The van der Waals surface area contributed by atoms with Crippen molar-refractivity contribution in [2.45, 2.75) is 51.7 Å². The van der Waals surface area contributed by atoms with Gasteiger partial charge in [0.15, 0.2) is 0 Å². The summed E-state index contributed by atoms with van der Waals surface area (Å²) < 4.78 is 2.42. The second-order valence-corrected chi connectivity index (χ2v) is 5.93. The third-order valence-corrected chi connectivity index (χ3v) is 4.14. The van der Waals surface area contributed by atoms with Gasteiger partial charge < -0.3 is 15.6 Å². The molecular weight excluding hydrogens is 234 g/mol. The predicted octanol–water partition coefficient (Wildman–Crippen LogP) is 3.45. The molecule has 3 N–H and O–H groups in total. The average molecular weight is 257 g/mol. The third-order valence-electron chi connectivity index (χ3n) is 4.14. The second kappa shape index (κ2) is 4.89. The summed E-state index contributed by atoms with van der Waals surface area (Å²) in [4.78, 5) is 0. The lowest BCUT2D eigenvalue weighted by molar-refractivity contribution is 0.334. The molecule has 0 saturated heterocycles. The number of nitrogen functional groups attached to an aromatic ring is 1. The van der Waals surface area contributed by atoms with Crippen molar-refractivity contribution in [1.82, 2.24) is 9.88 Å². The summed E-state index contributed by atoms with van der Waals surface area (Å²) in [6.45, 7) is 5.43. The Balaban J connectivity index is 1.94. The van der Waals surface area contributed by atoms with Crippen molar-refractivity contribution in [2.75, 3.05) is 5.73 Å². The van der Waals surface area contributed by atoms with E-state index in [-0.39, 0.29) is 0 Å². The van der Waals surface area contributed by atoms with Gasteiger partial charge >= 0.3 is 0 Å². The molecule has 1 aromatic heterocycles. The number of nitrogens with two attached hydrogens (primary N) is 1. The first kappa shape index (κ1) is 12.5. The number of hydrogen-bond donors (Lipinski definition) is 2. The number of aromatic nitrogens is 1. The fraction of sp³-hybridized carbons (Fsp3) is 0.500. The van der Waals surface area contributed by atoms with Crippen LogP contribution < -0.4 is 11.1 Å². The SMILES string of the molecule is CC(C)n1c(CNC2CCC2)cc2cc(N)ccc21. The number of fused-ring (bicyclic) bond motifs is 1. The lowest BCUT2D eigenvalue weighted by atomic mass is 9.93. The van der Waals surface area contributed by atoms with Gasteiger partial charge in [0.05, 0.1) is 0 Å². The topological polar surface area (TPSA) is 43.0 Å². The van der Waals surface area contributed by atoms with Gasteiger partial charge in [-0.3, -0.25) is 0 Å². The minimum atomic E-state index is 0.472. The van der Waals surface area contributed by atoms with Gasteiger partial charge in [-0.15, -0.1) is 0 Å². The molecule has 1 aliphatic carbocycles. The fourth-order valence-electron chi connectivity index (χ4n) is 2.92. The Kier molecular flexibility index (Phi) is 3.23. The largest absolute Gasteiger partial charge is 0.399 e. The predicted molar refractivity (Wildman–Crippen MR) is 81.2 cm³/mol. The van der Waals surface area contributed by atoms with E-state index < -0.39 is 0 Å². The molecule has 3 nitrogen and oxygen atoms in total. The molecular formula is C16H23N3. The molecule has 0 bridgehead atoms. The van der Waals surface area contributed by atoms with Gasteiger partial charge in [-0.25, -0.2) is 0 Å².